The van der Waals surface area contributed by atoms with Crippen LogP contribution in [0.1, 0.15) is 12.1 Å². The molecule has 0 saturated carbocycles. The summed E-state index contributed by atoms with van der Waals surface area (Å²) in [5.41, 5.74) is 12.0. The highest BCUT2D eigenvalue weighted by molar-refractivity contribution is 8.14. The van der Waals surface area contributed by atoms with Crippen molar-refractivity contribution >= 4 is 74.5 Å². The first-order valence-corrected chi connectivity index (χ1v) is 13.9. The van der Waals surface area contributed by atoms with Gasteiger partial charge in [0.2, 0.25) is 0 Å². The molecule has 3 atom stereocenters. The normalized spacial score (nSPS) is 23.3. The summed E-state index contributed by atoms with van der Waals surface area (Å²) >= 11 is 3.66. The number of aromatic nitrogens is 1. The second-order valence-corrected chi connectivity index (χ2v) is 11.1. The number of amides is 2. The molecule has 3 aliphatic rings. The van der Waals surface area contributed by atoms with E-state index in [4.69, 9.17) is 28.1 Å². The lowest BCUT2D eigenvalue weighted by atomic mass is 10.0. The summed E-state index contributed by atoms with van der Waals surface area (Å²) < 4.78 is 0. The number of fused-ring (bicyclic) bond motifs is 1. The standard InChI is InChI=1S/C21H23N9O5S3/c1-3-4-35-28-13(10-8-37-20(24)25-10)16(31)27-14-17(32)30-15(19(33)34)9(6-36-18(14)30)7-38-21-26-11(22)5-12(23)29(21)2/h1,8,12,14,18,22H,4-7,23H2,2H3,(H2,24,25)(H,27,31)(H,33,34)/t12?,14?,18-/m0/s1. The number of carbonyl (C=O) groups excluding carboxylic acids is 2. The summed E-state index contributed by atoms with van der Waals surface area (Å²) in [5, 5.41) is 25.7. The van der Waals surface area contributed by atoms with E-state index in [1.54, 1.807) is 11.9 Å². The third kappa shape index (κ3) is 5.48. The van der Waals surface area contributed by atoms with Crippen LogP contribution in [0.3, 0.4) is 0 Å². The Morgan fingerprint density at radius 3 is 2.92 bits per heavy atom. The van der Waals surface area contributed by atoms with Crippen molar-refractivity contribution < 1.29 is 24.3 Å². The van der Waals surface area contributed by atoms with E-state index < -0.39 is 35.4 Å². The number of nitrogens with two attached hydrogens (primary N) is 2. The maximum absolute atomic E-state index is 13.0. The van der Waals surface area contributed by atoms with Crippen molar-refractivity contribution in [3.8, 4) is 12.3 Å². The Hall–Kier alpha value is -3.59. The van der Waals surface area contributed by atoms with Crippen molar-refractivity contribution in [3.05, 3.63) is 22.3 Å². The fourth-order valence-corrected chi connectivity index (χ4v) is 6.82. The predicted octanol–water partition coefficient (Wildman–Crippen LogP) is -0.495. The highest BCUT2D eigenvalue weighted by atomic mass is 32.2. The summed E-state index contributed by atoms with van der Waals surface area (Å²) in [6.45, 7) is -0.187. The van der Waals surface area contributed by atoms with Crippen LogP contribution in [0, 0.1) is 17.8 Å². The molecule has 1 fully saturated rings. The molecule has 0 bridgehead atoms. The highest BCUT2D eigenvalue weighted by Crippen LogP contribution is 2.41. The first-order valence-electron chi connectivity index (χ1n) is 10.9. The van der Waals surface area contributed by atoms with Crippen LogP contribution in [0.5, 0.6) is 0 Å². The Morgan fingerprint density at radius 2 is 2.26 bits per heavy atom. The number of anilines is 1. The third-order valence-electron chi connectivity index (χ3n) is 5.63. The van der Waals surface area contributed by atoms with Crippen molar-refractivity contribution in [1.82, 2.24) is 20.1 Å². The number of thiazole rings is 1. The molecule has 4 heterocycles. The Bertz CT molecular complexity index is 1320. The Morgan fingerprint density at radius 1 is 1.50 bits per heavy atom. The number of carbonyl (C=O) groups is 3. The summed E-state index contributed by atoms with van der Waals surface area (Å²) in [5.74, 6) is 0.344. The molecule has 1 aromatic rings. The van der Waals surface area contributed by atoms with Gasteiger partial charge in [0.15, 0.2) is 22.6 Å². The zero-order chi connectivity index (χ0) is 27.6. The van der Waals surface area contributed by atoms with Crippen LogP contribution in [0.4, 0.5) is 5.13 Å². The van der Waals surface area contributed by atoms with Gasteiger partial charge in [-0.2, -0.15) is 0 Å². The SMILES string of the molecule is C#CCON=C(C(=O)NC1C(=O)N2C(C(=O)O)=C(CSC3=NC(=N)CC(N)N3C)CS[C@@H]12)c1csc(N)n1. The molecule has 7 N–H and O–H groups in total. The van der Waals surface area contributed by atoms with Gasteiger partial charge in [0.05, 0.1) is 6.17 Å². The Labute approximate surface area is 229 Å². The van der Waals surface area contributed by atoms with Gasteiger partial charge in [0.25, 0.3) is 11.8 Å². The van der Waals surface area contributed by atoms with E-state index in [0.29, 0.717) is 22.9 Å². The van der Waals surface area contributed by atoms with Crippen LogP contribution < -0.4 is 16.8 Å². The molecule has 2 unspecified atom stereocenters. The zero-order valence-corrected chi connectivity index (χ0v) is 22.4. The average Bonchev–Trinajstić information content (AvgIpc) is 3.31. The topological polar surface area (TPSA) is 213 Å². The minimum absolute atomic E-state index is 0.131. The van der Waals surface area contributed by atoms with Crippen molar-refractivity contribution in [2.24, 2.45) is 15.9 Å². The molecule has 200 valence electrons. The second-order valence-electron chi connectivity index (χ2n) is 8.12. The summed E-state index contributed by atoms with van der Waals surface area (Å²) in [6.07, 6.45) is 5.08. The molecule has 3 aliphatic heterocycles. The molecule has 2 amide bonds. The maximum atomic E-state index is 13.0. The fourth-order valence-electron chi connectivity index (χ4n) is 3.74. The summed E-state index contributed by atoms with van der Waals surface area (Å²) in [7, 11) is 1.75. The quantitative estimate of drug-likeness (QED) is 0.0873. The van der Waals surface area contributed by atoms with Gasteiger partial charge in [-0.3, -0.25) is 19.9 Å². The number of aliphatic carboxylic acids is 1. The first-order chi connectivity index (χ1) is 18.1. The minimum atomic E-state index is -1.25. The van der Waals surface area contributed by atoms with Crippen LogP contribution in [-0.4, -0.2) is 97.1 Å². The van der Waals surface area contributed by atoms with Gasteiger partial charge in [0, 0.05) is 30.4 Å². The number of amidine groups is 2. The van der Waals surface area contributed by atoms with Gasteiger partial charge in [0.1, 0.15) is 28.6 Å². The fraction of sp³-hybridized carbons (Fsp3) is 0.381. The molecular formula is C21H23N9O5S3. The minimum Gasteiger partial charge on any atom is -0.477 e. The summed E-state index contributed by atoms with van der Waals surface area (Å²) in [6, 6.07) is -0.989. The van der Waals surface area contributed by atoms with E-state index in [2.05, 4.69) is 26.4 Å². The van der Waals surface area contributed by atoms with E-state index in [-0.39, 0.29) is 40.4 Å². The molecule has 0 radical (unpaired) electrons. The van der Waals surface area contributed by atoms with Crippen molar-refractivity contribution in [3.63, 3.8) is 0 Å². The van der Waals surface area contributed by atoms with Crippen molar-refractivity contribution in [2.45, 2.75) is 24.0 Å². The van der Waals surface area contributed by atoms with Gasteiger partial charge in [-0.15, -0.1) is 29.5 Å². The molecule has 0 aromatic carbocycles. The number of nitrogen functional groups attached to an aromatic ring is 1. The zero-order valence-electron chi connectivity index (χ0n) is 19.9. The van der Waals surface area contributed by atoms with Gasteiger partial charge >= 0.3 is 5.97 Å². The molecule has 1 saturated heterocycles. The lowest BCUT2D eigenvalue weighted by Gasteiger charge is -2.49. The largest absolute Gasteiger partial charge is 0.477 e. The molecule has 0 aliphatic carbocycles. The number of terminal acetylenes is 1. The number of carboxylic acid groups (broad SMARTS) is 1. The molecule has 0 spiro atoms. The third-order valence-corrected chi connectivity index (χ3v) is 8.77. The predicted molar refractivity (Wildman–Crippen MR) is 146 cm³/mol. The van der Waals surface area contributed by atoms with E-state index >= 15 is 0 Å². The Balaban J connectivity index is 1.49. The van der Waals surface area contributed by atoms with Crippen LogP contribution in [0.25, 0.3) is 0 Å². The monoisotopic (exact) mass is 577 g/mol. The van der Waals surface area contributed by atoms with Gasteiger partial charge in [-0.25, -0.2) is 14.8 Å². The van der Waals surface area contributed by atoms with Crippen LogP contribution in [0.15, 0.2) is 26.8 Å². The molecule has 38 heavy (non-hydrogen) atoms. The van der Waals surface area contributed by atoms with Crippen LogP contribution in [0.2, 0.25) is 0 Å². The number of carboxylic acids is 1. The molecule has 17 heteroatoms. The average molecular weight is 578 g/mol. The van der Waals surface area contributed by atoms with Crippen molar-refractivity contribution in [2.75, 3.05) is 30.9 Å². The number of nitrogens with zero attached hydrogens (tertiary/aromatic N) is 5. The van der Waals surface area contributed by atoms with E-state index in [0.717, 1.165) is 11.3 Å². The first kappa shape index (κ1) is 27.4. The van der Waals surface area contributed by atoms with Gasteiger partial charge in [-0.1, -0.05) is 22.8 Å². The summed E-state index contributed by atoms with van der Waals surface area (Å²) in [4.78, 5) is 54.3. The highest BCUT2D eigenvalue weighted by Gasteiger charge is 2.54. The Kier molecular flexibility index (Phi) is 8.26. The van der Waals surface area contributed by atoms with E-state index in [1.807, 2.05) is 0 Å². The van der Waals surface area contributed by atoms with Crippen LogP contribution in [-0.2, 0) is 19.2 Å². The van der Waals surface area contributed by atoms with E-state index in [1.165, 1.54) is 33.8 Å². The van der Waals surface area contributed by atoms with Gasteiger partial charge < -0.3 is 31.6 Å². The number of hydrogen-bond acceptors (Lipinski definition) is 13. The number of aliphatic imine (C=N–C) groups is 1. The van der Waals surface area contributed by atoms with Crippen molar-refractivity contribution in [1.29, 1.82) is 5.41 Å². The number of rotatable bonds is 8. The molecule has 4 rings (SSSR count). The smallest absolute Gasteiger partial charge is 0.352 e. The lowest BCUT2D eigenvalue weighted by Crippen LogP contribution is -2.71. The molecule has 1 aromatic heterocycles. The lowest BCUT2D eigenvalue weighted by molar-refractivity contribution is -0.150. The number of nitrogens with one attached hydrogen (secondary N) is 2. The molecule has 14 nitrogen and oxygen atoms in total. The second kappa shape index (κ2) is 11.4. The number of β-lactam (4-membered cyclic amide) rings is 1. The van der Waals surface area contributed by atoms with E-state index in [9.17, 15) is 19.5 Å². The number of hydrogen-bond donors (Lipinski definition) is 5. The van der Waals surface area contributed by atoms with Gasteiger partial charge in [-0.05, 0) is 5.57 Å². The number of oxime groups is 1. The number of thioether (sulfide) groups is 2. The van der Waals surface area contributed by atoms with Crippen LogP contribution >= 0.6 is 34.9 Å². The molecular weight excluding hydrogens is 554 g/mol. The maximum Gasteiger partial charge on any atom is 0.352 e.